The molecule has 12 heteroatoms. The Labute approximate surface area is 342 Å². The number of esters is 4. The molecule has 0 aromatic heterocycles. The van der Waals surface area contributed by atoms with Crippen molar-refractivity contribution < 1.29 is 38.1 Å². The second-order valence-electron chi connectivity index (χ2n) is 16.6. The zero-order valence-electron chi connectivity index (χ0n) is 36.6. The van der Waals surface area contributed by atoms with Crippen LogP contribution in [0.15, 0.2) is 112 Å². The number of rotatable bonds is 13. The number of methoxy groups -OCH3 is 2. The van der Waals surface area contributed by atoms with Gasteiger partial charge in [0.05, 0.1) is 48.4 Å². The molecule has 0 aromatic carbocycles. The minimum atomic E-state index is -0.664. The Bertz CT molecular complexity index is 2020. The normalized spacial score (nSPS) is 20.2. The van der Waals surface area contributed by atoms with Gasteiger partial charge in [0.15, 0.2) is 11.4 Å². The Morgan fingerprint density at radius 3 is 1.16 bits per heavy atom. The molecule has 0 N–H and O–H groups in total. The van der Waals surface area contributed by atoms with Gasteiger partial charge in [0.1, 0.15) is 11.2 Å². The second-order valence-corrected chi connectivity index (χ2v) is 16.6. The first-order chi connectivity index (χ1) is 27.0. The van der Waals surface area contributed by atoms with Crippen molar-refractivity contribution in [1.82, 2.24) is 0 Å². The van der Waals surface area contributed by atoms with E-state index in [2.05, 4.69) is 9.98 Å². The molecule has 0 saturated carbocycles. The summed E-state index contributed by atoms with van der Waals surface area (Å²) in [6.07, 6.45) is 10.4. The third kappa shape index (κ3) is 11.1. The lowest BCUT2D eigenvalue weighted by molar-refractivity contribution is -0.147. The molecule has 4 heterocycles. The minimum Gasteiger partial charge on any atom is -0.469 e. The molecule has 58 heavy (non-hydrogen) atoms. The average Bonchev–Trinajstić information content (AvgIpc) is 3.80. The highest BCUT2D eigenvalue weighted by molar-refractivity contribution is 6.45. The summed E-state index contributed by atoms with van der Waals surface area (Å²) in [6.45, 7) is 22.4. The van der Waals surface area contributed by atoms with Crippen LogP contribution in [0.3, 0.4) is 0 Å². The third-order valence-electron chi connectivity index (χ3n) is 10.0. The summed E-state index contributed by atoms with van der Waals surface area (Å²) < 4.78 is 21.0. The average molecular weight is 795 g/mol. The molecule has 0 aliphatic carbocycles. The minimum absolute atomic E-state index is 0.253. The van der Waals surface area contributed by atoms with E-state index in [4.69, 9.17) is 28.9 Å². The molecule has 0 unspecified atom stereocenters. The lowest BCUT2D eigenvalue weighted by Crippen LogP contribution is -2.28. The van der Waals surface area contributed by atoms with Gasteiger partial charge in [-0.25, -0.2) is 29.6 Å². The van der Waals surface area contributed by atoms with Crippen LogP contribution in [-0.2, 0) is 38.1 Å². The summed E-state index contributed by atoms with van der Waals surface area (Å²) in [4.78, 5) is 69.6. The molecule has 4 rings (SSSR count). The summed E-state index contributed by atoms with van der Waals surface area (Å²) in [5.74, 6) is -1.54. The predicted molar refractivity (Wildman–Crippen MR) is 228 cm³/mol. The fourth-order valence-corrected chi connectivity index (χ4v) is 6.53. The molecule has 0 amide bonds. The quantitative estimate of drug-likeness (QED) is 0.132. The zero-order valence-corrected chi connectivity index (χ0v) is 36.6. The van der Waals surface area contributed by atoms with E-state index in [-0.39, 0.29) is 36.2 Å². The highest BCUT2D eigenvalue weighted by Crippen LogP contribution is 2.36. The van der Waals surface area contributed by atoms with E-state index in [0.717, 1.165) is 44.6 Å². The number of carbonyl (C=O) groups is 4. The van der Waals surface area contributed by atoms with Gasteiger partial charge >= 0.3 is 23.9 Å². The maximum Gasteiger partial charge on any atom is 0.357 e. The molecule has 0 fully saturated rings. The van der Waals surface area contributed by atoms with Crippen LogP contribution < -0.4 is 0 Å². The topological polar surface area (TPSA) is 155 Å². The van der Waals surface area contributed by atoms with Gasteiger partial charge in [-0.05, 0) is 178 Å². The molecule has 4 aliphatic rings. The highest BCUT2D eigenvalue weighted by atomic mass is 16.6. The van der Waals surface area contributed by atoms with Crippen LogP contribution in [0.4, 0.5) is 0 Å². The number of carbonyl (C=O) groups excluding carboxylic acids is 4. The number of nitrogens with zero attached hydrogens (tertiary/aromatic N) is 4. The van der Waals surface area contributed by atoms with E-state index >= 15 is 0 Å². The van der Waals surface area contributed by atoms with E-state index < -0.39 is 23.1 Å². The van der Waals surface area contributed by atoms with E-state index in [9.17, 15) is 19.2 Å². The molecular weight excluding hydrogens is 737 g/mol. The summed E-state index contributed by atoms with van der Waals surface area (Å²) in [5, 5.41) is 0. The summed E-state index contributed by atoms with van der Waals surface area (Å²) in [6, 6.07) is 0. The van der Waals surface area contributed by atoms with Gasteiger partial charge in [-0.2, -0.15) is 0 Å². The number of aliphatic imine (C=N–C) groups is 4. The van der Waals surface area contributed by atoms with Crippen molar-refractivity contribution >= 4 is 46.7 Å². The van der Waals surface area contributed by atoms with Gasteiger partial charge < -0.3 is 18.9 Å². The molecule has 310 valence electrons. The molecular formula is C46H58N4O8. The van der Waals surface area contributed by atoms with Crippen molar-refractivity contribution in [3.63, 3.8) is 0 Å². The van der Waals surface area contributed by atoms with Gasteiger partial charge in [0.25, 0.3) is 0 Å². The SMILES string of the molecule is COC(=O)CCCC1=C(C)C(/C=C2\N=C(C(=O)OC(C)(C)C)C(C)=C2C)=NC/1=C\C=C1N=C(/C=C2/N=C(C(=O)OC(C)(C)C)C(C)=C2C)C(C)=C/1CCCC(=O)OC. The Hall–Kier alpha value is -5.52. The maximum absolute atomic E-state index is 13.0. The first-order valence-corrected chi connectivity index (χ1v) is 19.6. The standard InChI is InChI=1S/C46H58N4O8/c1-25-27(3)41(43(53)57-45(7,8)9)49-35(25)23-37-29(5)31(17-15-19-39(51)55-13)33(47-37)21-22-34-32(18-16-20-40(52)56-14)30(6)38(48-34)24-36-26(2)28(4)42(50-36)44(54)58-46(10,11)12/h21-24H,15-20H2,1-14H3/b33-21-,34-22-,35-23-,36-24+. The van der Waals surface area contributed by atoms with E-state index in [1.54, 1.807) is 0 Å². The van der Waals surface area contributed by atoms with Gasteiger partial charge in [-0.3, -0.25) is 9.59 Å². The largest absolute Gasteiger partial charge is 0.469 e. The first kappa shape index (κ1) is 45.2. The number of allylic oxidation sites excluding steroid dienone is 10. The van der Waals surface area contributed by atoms with Crippen molar-refractivity contribution in [3.8, 4) is 0 Å². The Morgan fingerprint density at radius 2 is 0.845 bits per heavy atom. The van der Waals surface area contributed by atoms with Crippen LogP contribution in [0.5, 0.6) is 0 Å². The smallest absolute Gasteiger partial charge is 0.357 e. The second kappa shape index (κ2) is 18.4. The van der Waals surface area contributed by atoms with Gasteiger partial charge in [0, 0.05) is 12.8 Å². The van der Waals surface area contributed by atoms with Crippen molar-refractivity contribution in [2.24, 2.45) is 20.0 Å². The van der Waals surface area contributed by atoms with Crippen LogP contribution in [0.1, 0.15) is 122 Å². The van der Waals surface area contributed by atoms with E-state index in [1.807, 2.05) is 107 Å². The fraction of sp³-hybridized carbons (Fsp3) is 0.478. The summed E-state index contributed by atoms with van der Waals surface area (Å²) in [5.41, 5.74) is 10.2. The number of ether oxygens (including phenoxy) is 4. The highest BCUT2D eigenvalue weighted by Gasteiger charge is 2.31. The first-order valence-electron chi connectivity index (χ1n) is 19.6. The number of hydrogen-bond acceptors (Lipinski definition) is 12. The van der Waals surface area contributed by atoms with Gasteiger partial charge in [0.2, 0.25) is 0 Å². The molecule has 0 aromatic rings. The Morgan fingerprint density at radius 1 is 0.500 bits per heavy atom. The molecule has 4 aliphatic heterocycles. The molecule has 0 atom stereocenters. The van der Waals surface area contributed by atoms with Crippen molar-refractivity contribution in [3.05, 3.63) is 91.7 Å². The van der Waals surface area contributed by atoms with Crippen molar-refractivity contribution in [2.75, 3.05) is 14.2 Å². The lowest BCUT2D eigenvalue weighted by atomic mass is 9.97. The van der Waals surface area contributed by atoms with Gasteiger partial charge in [-0.1, -0.05) is 0 Å². The predicted octanol–water partition coefficient (Wildman–Crippen LogP) is 9.02. The van der Waals surface area contributed by atoms with Crippen LogP contribution in [-0.4, -0.2) is 72.1 Å². The Balaban J connectivity index is 1.79. The molecule has 0 saturated heterocycles. The molecule has 0 spiro atoms. The van der Waals surface area contributed by atoms with E-state index in [1.165, 1.54) is 14.2 Å². The van der Waals surface area contributed by atoms with Crippen LogP contribution in [0.2, 0.25) is 0 Å². The summed E-state index contributed by atoms with van der Waals surface area (Å²) >= 11 is 0. The van der Waals surface area contributed by atoms with Crippen LogP contribution >= 0.6 is 0 Å². The molecule has 12 nitrogen and oxygen atoms in total. The van der Waals surface area contributed by atoms with Crippen molar-refractivity contribution in [2.45, 2.75) is 133 Å². The molecule has 0 bridgehead atoms. The third-order valence-corrected chi connectivity index (χ3v) is 10.0. The molecule has 0 radical (unpaired) electrons. The Kier molecular flexibility index (Phi) is 14.3. The zero-order chi connectivity index (χ0) is 43.3. The summed E-state index contributed by atoms with van der Waals surface area (Å²) in [7, 11) is 2.75. The van der Waals surface area contributed by atoms with E-state index in [0.29, 0.717) is 59.9 Å². The maximum atomic E-state index is 13.0. The van der Waals surface area contributed by atoms with Gasteiger partial charge in [-0.15, -0.1) is 0 Å². The van der Waals surface area contributed by atoms with Crippen LogP contribution in [0.25, 0.3) is 0 Å². The monoisotopic (exact) mass is 794 g/mol. The van der Waals surface area contributed by atoms with Crippen molar-refractivity contribution in [1.29, 1.82) is 0 Å². The lowest BCUT2D eigenvalue weighted by Gasteiger charge is -2.19. The fourth-order valence-electron chi connectivity index (χ4n) is 6.53. The van der Waals surface area contributed by atoms with Crippen LogP contribution in [0, 0.1) is 0 Å². The number of hydrogen-bond donors (Lipinski definition) is 0.